The van der Waals surface area contributed by atoms with Gasteiger partial charge in [0.15, 0.2) is 0 Å². The van der Waals surface area contributed by atoms with Crippen molar-refractivity contribution in [2.45, 2.75) is 6.04 Å². The van der Waals surface area contributed by atoms with E-state index in [4.69, 9.17) is 0 Å². The number of rotatable bonds is 0. The van der Waals surface area contributed by atoms with Gasteiger partial charge in [0.2, 0.25) is 0 Å². The van der Waals surface area contributed by atoms with Gasteiger partial charge < -0.3 is 0 Å². The van der Waals surface area contributed by atoms with Crippen molar-refractivity contribution >= 4 is 9.68 Å². The fraction of sp³-hybridized carbons (Fsp3) is 1.00. The number of hydrogen-bond donors (Lipinski definition) is 3. The molecule has 0 aromatic heterocycles. The smallest absolute Gasteiger partial charge is 0.113 e. The van der Waals surface area contributed by atoms with Gasteiger partial charge in [-0.3, -0.25) is 5.09 Å². The van der Waals surface area contributed by atoms with Crippen LogP contribution in [0, 0.1) is 0 Å². The van der Waals surface area contributed by atoms with Crippen LogP contribution in [0.2, 0.25) is 6.04 Å². The third-order valence-corrected chi connectivity index (χ3v) is 1.91. The lowest BCUT2D eigenvalue weighted by atomic mass is 10.8. The zero-order chi connectivity index (χ0) is 4.24. The Kier molecular flexibility index (Phi) is 1.63. The molecule has 36 valence electrons. The highest BCUT2D eigenvalue weighted by molar-refractivity contribution is 6.32. The summed E-state index contributed by atoms with van der Waals surface area (Å²) in [7, 11) is 0.0849. The van der Waals surface area contributed by atoms with Crippen LogP contribution >= 0.6 is 0 Å². The van der Waals surface area contributed by atoms with Crippen molar-refractivity contribution in [1.82, 2.24) is 16.1 Å². The highest BCUT2D eigenvalue weighted by Crippen LogP contribution is 1.70. The van der Waals surface area contributed by atoms with E-state index in [0.717, 1.165) is 6.54 Å². The molecule has 0 aromatic rings. The second kappa shape index (κ2) is 2.30. The van der Waals surface area contributed by atoms with Gasteiger partial charge in [0.25, 0.3) is 0 Å². The third-order valence-electron chi connectivity index (χ3n) is 0.780. The maximum Gasteiger partial charge on any atom is 0.113 e. The van der Waals surface area contributed by atoms with Crippen LogP contribution in [-0.2, 0) is 0 Å². The van der Waals surface area contributed by atoms with Gasteiger partial charge in [-0.25, -0.2) is 11.0 Å². The number of hydrazine groups is 2. The zero-order valence-corrected chi connectivity index (χ0v) is 5.04. The molecule has 3 nitrogen and oxygen atoms in total. The molecule has 0 spiro atoms. The summed E-state index contributed by atoms with van der Waals surface area (Å²) >= 11 is 0. The Morgan fingerprint density at radius 3 is 2.67 bits per heavy atom. The Balaban J connectivity index is 2.00. The Hall–Kier alpha value is 0.0969. The topological polar surface area (TPSA) is 36.1 Å². The minimum absolute atomic E-state index is 0.0849. The summed E-state index contributed by atoms with van der Waals surface area (Å²) in [5.74, 6) is 0. The highest BCUT2D eigenvalue weighted by Gasteiger charge is 1.91. The maximum absolute atomic E-state index is 3.06. The van der Waals surface area contributed by atoms with Crippen molar-refractivity contribution in [2.24, 2.45) is 0 Å². The molecule has 1 aliphatic heterocycles. The van der Waals surface area contributed by atoms with E-state index in [9.17, 15) is 0 Å². The fourth-order valence-electron chi connectivity index (χ4n) is 0.453. The van der Waals surface area contributed by atoms with E-state index in [2.05, 4.69) is 16.1 Å². The van der Waals surface area contributed by atoms with E-state index in [1.807, 2.05) is 0 Å². The lowest BCUT2D eigenvalue weighted by molar-refractivity contribution is 0.504. The molecule has 0 saturated carbocycles. The largest absolute Gasteiger partial charge is 0.273 e. The lowest BCUT2D eigenvalue weighted by Gasteiger charge is -2.12. The summed E-state index contributed by atoms with van der Waals surface area (Å²) in [5.41, 5.74) is 5.80. The number of nitrogens with one attached hydrogen (secondary N) is 3. The van der Waals surface area contributed by atoms with Gasteiger partial charge >= 0.3 is 0 Å². The van der Waals surface area contributed by atoms with Crippen molar-refractivity contribution in [2.75, 3.05) is 6.54 Å². The number of hydrogen-bond acceptors (Lipinski definition) is 3. The summed E-state index contributed by atoms with van der Waals surface area (Å²) in [6.07, 6.45) is 0. The second-order valence-corrected chi connectivity index (χ2v) is 2.89. The molecule has 0 bridgehead atoms. The minimum atomic E-state index is 0.0849. The quantitative estimate of drug-likeness (QED) is 0.313. The third kappa shape index (κ3) is 1.06. The summed E-state index contributed by atoms with van der Waals surface area (Å²) in [6, 6.07) is 1.35. The Bertz CT molecular complexity index is 24.3. The van der Waals surface area contributed by atoms with Gasteiger partial charge in [0.05, 0.1) is 0 Å². The average molecular weight is 103 g/mol. The molecule has 1 saturated heterocycles. The van der Waals surface area contributed by atoms with Crippen LogP contribution < -0.4 is 16.1 Å². The van der Waals surface area contributed by atoms with Crippen molar-refractivity contribution in [3.8, 4) is 0 Å². The molecular formula is C2H9N3Si. The first-order chi connectivity index (χ1) is 3.00. The molecule has 0 radical (unpaired) electrons. The van der Waals surface area contributed by atoms with Crippen molar-refractivity contribution in [3.63, 3.8) is 0 Å². The average Bonchev–Trinajstić information content (AvgIpc) is 1.72. The van der Waals surface area contributed by atoms with Crippen LogP contribution in [0.1, 0.15) is 0 Å². The Morgan fingerprint density at radius 2 is 2.50 bits per heavy atom. The van der Waals surface area contributed by atoms with E-state index < -0.39 is 0 Å². The van der Waals surface area contributed by atoms with E-state index >= 15 is 0 Å². The van der Waals surface area contributed by atoms with E-state index in [-0.39, 0.29) is 9.68 Å². The SMILES string of the molecule is C1C[SiH2]NNN1. The van der Waals surface area contributed by atoms with Crippen molar-refractivity contribution in [1.29, 1.82) is 0 Å². The Morgan fingerprint density at radius 1 is 1.50 bits per heavy atom. The predicted molar refractivity (Wildman–Crippen MR) is 27.6 cm³/mol. The molecule has 1 aliphatic rings. The van der Waals surface area contributed by atoms with Crippen LogP contribution in [0.5, 0.6) is 0 Å². The summed E-state index contributed by atoms with van der Waals surface area (Å²) in [4.78, 5) is 0. The first-order valence-electron chi connectivity index (χ1n) is 2.21. The minimum Gasteiger partial charge on any atom is -0.273 e. The zero-order valence-electron chi connectivity index (χ0n) is 3.62. The predicted octanol–water partition coefficient (Wildman–Crippen LogP) is -1.90. The van der Waals surface area contributed by atoms with E-state index in [1.165, 1.54) is 6.04 Å². The molecule has 0 aliphatic carbocycles. The van der Waals surface area contributed by atoms with Gasteiger partial charge in [-0.15, -0.1) is 0 Å². The van der Waals surface area contributed by atoms with Gasteiger partial charge in [-0.1, -0.05) is 0 Å². The molecule has 0 aromatic carbocycles. The summed E-state index contributed by atoms with van der Waals surface area (Å²) in [6.45, 7) is 1.14. The molecule has 6 heavy (non-hydrogen) atoms. The fourth-order valence-corrected chi connectivity index (χ4v) is 1.23. The van der Waals surface area contributed by atoms with Crippen LogP contribution in [0.15, 0.2) is 0 Å². The first-order valence-corrected chi connectivity index (χ1v) is 3.91. The van der Waals surface area contributed by atoms with Gasteiger partial charge in [-0.2, -0.15) is 0 Å². The normalized spacial score (nSPS) is 28.0. The summed E-state index contributed by atoms with van der Waals surface area (Å²) in [5, 5.41) is 3.06. The lowest BCUT2D eigenvalue weighted by Crippen LogP contribution is -2.50. The molecule has 1 fully saturated rings. The molecule has 0 amide bonds. The monoisotopic (exact) mass is 103 g/mol. The van der Waals surface area contributed by atoms with Gasteiger partial charge in [-0.05, 0) is 6.04 Å². The van der Waals surface area contributed by atoms with Crippen LogP contribution in [0.3, 0.4) is 0 Å². The van der Waals surface area contributed by atoms with Crippen LogP contribution in [0.25, 0.3) is 0 Å². The highest BCUT2D eigenvalue weighted by atomic mass is 28.2. The second-order valence-electron chi connectivity index (χ2n) is 1.33. The molecule has 0 atom stereocenters. The first kappa shape index (κ1) is 4.26. The van der Waals surface area contributed by atoms with Crippen molar-refractivity contribution in [3.05, 3.63) is 0 Å². The van der Waals surface area contributed by atoms with Gasteiger partial charge in [0.1, 0.15) is 9.68 Å². The molecule has 4 heteroatoms. The molecule has 0 unspecified atom stereocenters. The van der Waals surface area contributed by atoms with Gasteiger partial charge in [0, 0.05) is 6.54 Å². The van der Waals surface area contributed by atoms with Crippen molar-refractivity contribution < 1.29 is 0 Å². The molecular weight excluding hydrogens is 94.1 g/mol. The molecule has 3 N–H and O–H groups in total. The van der Waals surface area contributed by atoms with E-state index in [1.54, 1.807) is 0 Å². The maximum atomic E-state index is 3.06. The molecule has 1 rings (SSSR count). The Labute approximate surface area is 39.3 Å². The standard InChI is InChI=1S/C2H9N3Si/c1-2-6-5-4-3-1/h3-5H,1-2,6H2. The summed E-state index contributed by atoms with van der Waals surface area (Å²) < 4.78 is 0. The van der Waals surface area contributed by atoms with Crippen LogP contribution in [-0.4, -0.2) is 16.2 Å². The van der Waals surface area contributed by atoms with E-state index in [0.29, 0.717) is 0 Å². The van der Waals surface area contributed by atoms with Crippen LogP contribution in [0.4, 0.5) is 0 Å². The molecule has 1 heterocycles.